The van der Waals surface area contributed by atoms with Crippen LogP contribution in [0.2, 0.25) is 0 Å². The Balaban J connectivity index is 1.83. The van der Waals surface area contributed by atoms with Crippen LogP contribution >= 0.6 is 0 Å². The number of hydrogen-bond donors (Lipinski definition) is 1. The second-order valence-corrected chi connectivity index (χ2v) is 6.53. The molecule has 5 heteroatoms. The Morgan fingerprint density at radius 1 is 1.35 bits per heavy atom. The van der Waals surface area contributed by atoms with Crippen LogP contribution in [0.3, 0.4) is 0 Å². The van der Waals surface area contributed by atoms with E-state index >= 15 is 0 Å². The van der Waals surface area contributed by atoms with E-state index in [0.29, 0.717) is 6.04 Å². The molecule has 1 N–H and O–H groups in total. The van der Waals surface area contributed by atoms with Crippen LogP contribution in [0.5, 0.6) is 0 Å². The highest BCUT2D eigenvalue weighted by atomic mass is 15.3. The molecule has 0 spiro atoms. The lowest BCUT2D eigenvalue weighted by Gasteiger charge is -2.30. The average Bonchev–Trinajstić information content (AvgIpc) is 3.03. The maximum Gasteiger partial charge on any atom is 0.154 e. The lowest BCUT2D eigenvalue weighted by Crippen LogP contribution is -2.45. The van der Waals surface area contributed by atoms with E-state index in [0.717, 1.165) is 24.4 Å². The van der Waals surface area contributed by atoms with Gasteiger partial charge in [0.2, 0.25) is 0 Å². The summed E-state index contributed by atoms with van der Waals surface area (Å²) in [4.78, 5) is 7.02. The van der Waals surface area contributed by atoms with Gasteiger partial charge in [0.15, 0.2) is 5.82 Å². The van der Waals surface area contributed by atoms with Gasteiger partial charge in [-0.1, -0.05) is 0 Å². The molecule has 1 aliphatic rings. The van der Waals surface area contributed by atoms with Crippen molar-refractivity contribution in [2.45, 2.75) is 45.2 Å². The maximum atomic E-state index is 4.59. The fourth-order valence-corrected chi connectivity index (χ4v) is 2.82. The van der Waals surface area contributed by atoms with E-state index in [1.165, 1.54) is 12.8 Å². The molecule has 1 fully saturated rings. The van der Waals surface area contributed by atoms with Crippen LogP contribution < -0.4 is 10.2 Å². The van der Waals surface area contributed by atoms with Crippen molar-refractivity contribution in [1.29, 1.82) is 0 Å². The van der Waals surface area contributed by atoms with Gasteiger partial charge in [0.05, 0.1) is 6.20 Å². The third kappa shape index (κ3) is 2.63. The minimum absolute atomic E-state index is 0.157. The average molecular weight is 273 g/mol. The summed E-state index contributed by atoms with van der Waals surface area (Å²) in [7, 11) is 0. The molecule has 0 aliphatic carbocycles. The van der Waals surface area contributed by atoms with E-state index in [1.54, 1.807) is 0 Å². The number of nitrogens with one attached hydrogen (secondary N) is 1. The normalized spacial score (nSPS) is 19.9. The van der Waals surface area contributed by atoms with Gasteiger partial charge in [-0.3, -0.25) is 0 Å². The van der Waals surface area contributed by atoms with Crippen LogP contribution in [0.15, 0.2) is 24.7 Å². The van der Waals surface area contributed by atoms with Crippen molar-refractivity contribution in [3.63, 3.8) is 0 Å². The van der Waals surface area contributed by atoms with Crippen molar-refractivity contribution in [3.8, 4) is 0 Å². The van der Waals surface area contributed by atoms with Crippen molar-refractivity contribution >= 4 is 11.3 Å². The molecule has 1 unspecified atom stereocenters. The first-order valence-electron chi connectivity index (χ1n) is 7.35. The summed E-state index contributed by atoms with van der Waals surface area (Å²) in [5.74, 6) is 1.06. The Morgan fingerprint density at radius 2 is 2.20 bits per heavy atom. The second-order valence-electron chi connectivity index (χ2n) is 6.53. The van der Waals surface area contributed by atoms with E-state index in [1.807, 2.05) is 29.2 Å². The van der Waals surface area contributed by atoms with Crippen molar-refractivity contribution < 1.29 is 0 Å². The van der Waals surface area contributed by atoms with E-state index in [4.69, 9.17) is 0 Å². The molecule has 0 amide bonds. The monoisotopic (exact) mass is 273 g/mol. The number of aromatic nitrogens is 3. The number of hydrogen-bond acceptors (Lipinski definition) is 4. The highest BCUT2D eigenvalue weighted by Gasteiger charge is 2.28. The van der Waals surface area contributed by atoms with Gasteiger partial charge in [0.25, 0.3) is 0 Å². The molecular formula is C15H23N5. The fourth-order valence-electron chi connectivity index (χ4n) is 2.82. The summed E-state index contributed by atoms with van der Waals surface area (Å²) < 4.78 is 1.90. The highest BCUT2D eigenvalue weighted by Crippen LogP contribution is 2.27. The van der Waals surface area contributed by atoms with Gasteiger partial charge in [-0.15, -0.1) is 0 Å². The van der Waals surface area contributed by atoms with E-state index < -0.39 is 0 Å². The number of anilines is 1. The minimum Gasteiger partial charge on any atom is -0.351 e. The lowest BCUT2D eigenvalue weighted by molar-refractivity contribution is 0.404. The van der Waals surface area contributed by atoms with Crippen LogP contribution in [0.4, 0.5) is 5.82 Å². The van der Waals surface area contributed by atoms with Crippen molar-refractivity contribution in [1.82, 2.24) is 19.9 Å². The molecule has 0 radical (unpaired) electrons. The predicted molar refractivity (Wildman–Crippen MR) is 81.1 cm³/mol. The zero-order valence-electron chi connectivity index (χ0n) is 12.5. The molecule has 3 rings (SSSR count). The van der Waals surface area contributed by atoms with Crippen molar-refractivity contribution in [3.05, 3.63) is 24.7 Å². The summed E-state index contributed by atoms with van der Waals surface area (Å²) in [5, 5.41) is 7.91. The molecule has 1 atom stereocenters. The molecule has 0 aromatic carbocycles. The molecule has 20 heavy (non-hydrogen) atoms. The molecule has 2 aromatic rings. The van der Waals surface area contributed by atoms with E-state index in [-0.39, 0.29) is 5.54 Å². The molecule has 108 valence electrons. The van der Waals surface area contributed by atoms with Crippen LogP contribution in [0.25, 0.3) is 5.52 Å². The topological polar surface area (TPSA) is 45.5 Å². The highest BCUT2D eigenvalue weighted by molar-refractivity contribution is 5.69. The SMILES string of the molecule is CC(C)(C)NCC1CCCN1c1nccn2nccc12. The third-order valence-corrected chi connectivity index (χ3v) is 3.82. The summed E-state index contributed by atoms with van der Waals surface area (Å²) >= 11 is 0. The van der Waals surface area contributed by atoms with Crippen LogP contribution in [-0.2, 0) is 0 Å². The Kier molecular flexibility index (Phi) is 3.38. The van der Waals surface area contributed by atoms with Crippen LogP contribution in [-0.4, -0.2) is 39.3 Å². The smallest absolute Gasteiger partial charge is 0.154 e. The Labute approximate surface area is 120 Å². The number of rotatable bonds is 3. The zero-order valence-corrected chi connectivity index (χ0v) is 12.5. The molecule has 0 bridgehead atoms. The zero-order chi connectivity index (χ0) is 14.2. The van der Waals surface area contributed by atoms with Gasteiger partial charge < -0.3 is 10.2 Å². The van der Waals surface area contributed by atoms with E-state index in [9.17, 15) is 0 Å². The first-order chi connectivity index (χ1) is 9.54. The summed E-state index contributed by atoms with van der Waals surface area (Å²) in [6.07, 6.45) is 8.02. The van der Waals surface area contributed by atoms with Crippen molar-refractivity contribution in [2.75, 3.05) is 18.0 Å². The standard InChI is InChI=1S/C15H23N5/c1-15(2,3)17-11-12-5-4-9-19(12)14-13-6-7-18-20(13)10-8-16-14/h6-8,10,12,17H,4-5,9,11H2,1-3H3. The van der Waals surface area contributed by atoms with Crippen LogP contribution in [0, 0.1) is 0 Å². The summed E-state index contributed by atoms with van der Waals surface area (Å²) in [6, 6.07) is 2.55. The third-order valence-electron chi connectivity index (χ3n) is 3.82. The summed E-state index contributed by atoms with van der Waals surface area (Å²) in [6.45, 7) is 8.71. The van der Waals surface area contributed by atoms with Crippen LogP contribution in [0.1, 0.15) is 33.6 Å². The molecule has 1 aliphatic heterocycles. The lowest BCUT2D eigenvalue weighted by atomic mass is 10.1. The van der Waals surface area contributed by atoms with Gasteiger partial charge in [-0.05, 0) is 39.7 Å². The van der Waals surface area contributed by atoms with Gasteiger partial charge in [-0.25, -0.2) is 9.50 Å². The number of nitrogens with zero attached hydrogens (tertiary/aromatic N) is 4. The Bertz CT molecular complexity index is 583. The minimum atomic E-state index is 0.157. The van der Waals surface area contributed by atoms with Gasteiger partial charge >= 0.3 is 0 Å². The first-order valence-corrected chi connectivity index (χ1v) is 7.35. The molecule has 2 aromatic heterocycles. The molecule has 1 saturated heterocycles. The quantitative estimate of drug-likeness (QED) is 0.930. The second kappa shape index (κ2) is 5.05. The number of fused-ring (bicyclic) bond motifs is 1. The van der Waals surface area contributed by atoms with Gasteiger partial charge in [-0.2, -0.15) is 5.10 Å². The van der Waals surface area contributed by atoms with Gasteiger partial charge in [0, 0.05) is 37.1 Å². The molecule has 5 nitrogen and oxygen atoms in total. The fraction of sp³-hybridized carbons (Fsp3) is 0.600. The maximum absolute atomic E-state index is 4.59. The first kappa shape index (κ1) is 13.4. The summed E-state index contributed by atoms with van der Waals surface area (Å²) in [5.41, 5.74) is 1.25. The molecule has 0 saturated carbocycles. The van der Waals surface area contributed by atoms with E-state index in [2.05, 4.69) is 41.1 Å². The largest absolute Gasteiger partial charge is 0.351 e. The Hall–Kier alpha value is -1.62. The van der Waals surface area contributed by atoms with Crippen molar-refractivity contribution in [2.24, 2.45) is 0 Å². The molecule has 3 heterocycles. The predicted octanol–water partition coefficient (Wildman–Crippen LogP) is 2.09. The van der Waals surface area contributed by atoms with Gasteiger partial charge in [0.1, 0.15) is 5.52 Å². The molecular weight excluding hydrogens is 250 g/mol. The Morgan fingerprint density at radius 3 is 3.00 bits per heavy atom.